The number of hydrogen-bond acceptors (Lipinski definition) is 7. The third-order valence-electron chi connectivity index (χ3n) is 8.80. The molecule has 0 spiro atoms. The van der Waals surface area contributed by atoms with E-state index in [9.17, 15) is 14.3 Å². The number of piperidine rings is 1. The van der Waals surface area contributed by atoms with Crippen molar-refractivity contribution in [3.05, 3.63) is 82.0 Å². The highest BCUT2D eigenvalue weighted by Crippen LogP contribution is 2.46. The number of likely N-dealkylation sites (tertiary alicyclic amines) is 1. The second-order valence-corrected chi connectivity index (χ2v) is 12.2. The van der Waals surface area contributed by atoms with E-state index in [1.807, 2.05) is 23.6 Å². The van der Waals surface area contributed by atoms with Crippen molar-refractivity contribution >= 4 is 28.7 Å². The van der Waals surface area contributed by atoms with Gasteiger partial charge in [0.15, 0.2) is 28.4 Å². The molecule has 1 unspecified atom stereocenters. The van der Waals surface area contributed by atoms with Gasteiger partial charge in [0, 0.05) is 22.8 Å². The van der Waals surface area contributed by atoms with Gasteiger partial charge in [0.25, 0.3) is 0 Å². The van der Waals surface area contributed by atoms with E-state index in [1.54, 1.807) is 18.2 Å². The summed E-state index contributed by atoms with van der Waals surface area (Å²) >= 11 is 5.97. The Balaban J connectivity index is 1.07. The van der Waals surface area contributed by atoms with Crippen LogP contribution >= 0.6 is 11.6 Å². The Morgan fingerprint density at radius 3 is 2.67 bits per heavy atom. The number of benzene rings is 2. The van der Waals surface area contributed by atoms with Gasteiger partial charge in [-0.1, -0.05) is 29.8 Å². The number of hydrogen-bond donors (Lipinski definition) is 1. The molecule has 224 valence electrons. The van der Waals surface area contributed by atoms with Crippen LogP contribution in [0.5, 0.6) is 11.5 Å². The maximum Gasteiger partial charge on any atom is 0.354 e. The molecule has 0 saturated carbocycles. The van der Waals surface area contributed by atoms with Crippen LogP contribution in [0.25, 0.3) is 11.2 Å². The number of rotatable bonds is 7. The first-order valence-corrected chi connectivity index (χ1v) is 15.0. The lowest BCUT2D eigenvalue weighted by molar-refractivity contribution is -0.0593. The number of halogens is 2. The number of carboxylic acids is 1. The maximum atomic E-state index is 14.8. The zero-order valence-corrected chi connectivity index (χ0v) is 24.5. The predicted molar refractivity (Wildman–Crippen MR) is 157 cm³/mol. The number of pyridine rings is 1. The van der Waals surface area contributed by atoms with Gasteiger partial charge in [0.2, 0.25) is 0 Å². The van der Waals surface area contributed by atoms with Crippen LogP contribution in [-0.4, -0.2) is 62.9 Å². The smallest absolute Gasteiger partial charge is 0.354 e. The standard InChI is InChI=1S/C32H32ClFN4O5/c1-32(23-6-5-20(33)15-24(23)34)18-42-29-22(3-2-4-27(29)43-32)19-9-12-37(13-10-19)17-28-35-25-7-8-26(31(39)40)36-30(25)38(28)16-21-11-14-41-21/h2-8,15,19,21H,9-14,16-18H2,1H3,(H,39,40)/t21-,32?/m0/s1. The quantitative estimate of drug-likeness (QED) is 0.283. The third kappa shape index (κ3) is 5.32. The zero-order valence-electron chi connectivity index (χ0n) is 23.8. The van der Waals surface area contributed by atoms with Crippen molar-refractivity contribution in [3.63, 3.8) is 0 Å². The number of carbonyl (C=O) groups is 1. The second kappa shape index (κ2) is 11.1. The van der Waals surface area contributed by atoms with Gasteiger partial charge < -0.3 is 23.9 Å². The van der Waals surface area contributed by atoms with Crippen LogP contribution < -0.4 is 9.47 Å². The van der Waals surface area contributed by atoms with Gasteiger partial charge in [-0.15, -0.1) is 0 Å². The minimum Gasteiger partial charge on any atom is -0.485 e. The van der Waals surface area contributed by atoms with E-state index in [0.29, 0.717) is 40.6 Å². The number of ether oxygens (including phenoxy) is 3. The highest BCUT2D eigenvalue weighted by atomic mass is 35.5. The average molecular weight is 607 g/mol. The predicted octanol–water partition coefficient (Wildman–Crippen LogP) is 5.78. The molecule has 3 aliphatic heterocycles. The molecule has 7 rings (SSSR count). The summed E-state index contributed by atoms with van der Waals surface area (Å²) in [6.07, 6.45) is 2.90. The number of para-hydroxylation sites is 1. The van der Waals surface area contributed by atoms with E-state index in [4.69, 9.17) is 30.8 Å². The van der Waals surface area contributed by atoms with Gasteiger partial charge in [-0.2, -0.15) is 0 Å². The Hall–Kier alpha value is -3.73. The normalized spacial score (nSPS) is 22.4. The molecule has 2 atom stereocenters. The van der Waals surface area contributed by atoms with Crippen molar-refractivity contribution < 1.29 is 28.5 Å². The lowest BCUT2D eigenvalue weighted by Gasteiger charge is -2.38. The Bertz CT molecular complexity index is 1700. The molecular weight excluding hydrogens is 575 g/mol. The van der Waals surface area contributed by atoms with Gasteiger partial charge >= 0.3 is 5.97 Å². The minimum atomic E-state index is -1.06. The molecular formula is C32H32ClFN4O5. The highest BCUT2D eigenvalue weighted by molar-refractivity contribution is 6.30. The maximum absolute atomic E-state index is 14.8. The lowest BCUT2D eigenvalue weighted by Crippen LogP contribution is -2.40. The molecule has 4 aromatic rings. The summed E-state index contributed by atoms with van der Waals surface area (Å²) in [7, 11) is 0. The summed E-state index contributed by atoms with van der Waals surface area (Å²) in [5.41, 5.74) is 1.82. The molecule has 5 heterocycles. The molecule has 2 fully saturated rings. The number of fused-ring (bicyclic) bond motifs is 2. The molecule has 9 nitrogen and oxygen atoms in total. The van der Waals surface area contributed by atoms with E-state index in [-0.39, 0.29) is 24.3 Å². The first-order valence-electron chi connectivity index (χ1n) is 14.6. The van der Waals surface area contributed by atoms with Crippen molar-refractivity contribution in [1.29, 1.82) is 0 Å². The monoisotopic (exact) mass is 606 g/mol. The third-order valence-corrected chi connectivity index (χ3v) is 9.03. The first kappa shape index (κ1) is 28.1. The zero-order chi connectivity index (χ0) is 29.7. The number of nitrogens with zero attached hydrogens (tertiary/aromatic N) is 4. The molecule has 0 aliphatic carbocycles. The van der Waals surface area contributed by atoms with Crippen molar-refractivity contribution in [1.82, 2.24) is 19.4 Å². The molecule has 11 heteroatoms. The van der Waals surface area contributed by atoms with Gasteiger partial charge in [0.1, 0.15) is 23.8 Å². The van der Waals surface area contributed by atoms with Gasteiger partial charge in [-0.05, 0) is 75.5 Å². The first-order chi connectivity index (χ1) is 20.8. The molecule has 2 saturated heterocycles. The van der Waals surface area contributed by atoms with Crippen molar-refractivity contribution in [3.8, 4) is 11.5 Å². The molecule has 3 aliphatic rings. The van der Waals surface area contributed by atoms with E-state index in [2.05, 4.69) is 16.0 Å². The van der Waals surface area contributed by atoms with Crippen LogP contribution in [0.3, 0.4) is 0 Å². The molecule has 2 aromatic heterocycles. The van der Waals surface area contributed by atoms with Gasteiger partial charge in [0.05, 0.1) is 19.2 Å². The number of imidazole rings is 1. The molecule has 0 amide bonds. The SMILES string of the molecule is CC1(c2ccc(Cl)cc2F)COc2c(cccc2C2CCN(Cc3nc4ccc(C(=O)O)nc4n3C[C@@H]3CCO3)CC2)O1. The van der Waals surface area contributed by atoms with Crippen molar-refractivity contribution in [2.24, 2.45) is 0 Å². The summed E-state index contributed by atoms with van der Waals surface area (Å²) in [5.74, 6) is 1.02. The summed E-state index contributed by atoms with van der Waals surface area (Å²) < 4.78 is 35.2. The minimum absolute atomic E-state index is 0.00606. The molecule has 0 bridgehead atoms. The van der Waals surface area contributed by atoms with E-state index in [1.165, 1.54) is 12.1 Å². The topological polar surface area (TPSA) is 98.9 Å². The molecule has 0 radical (unpaired) electrons. The lowest BCUT2D eigenvalue weighted by atomic mass is 9.87. The Morgan fingerprint density at radius 2 is 1.95 bits per heavy atom. The number of aromatic nitrogens is 3. The van der Waals surface area contributed by atoms with E-state index < -0.39 is 17.4 Å². The summed E-state index contributed by atoms with van der Waals surface area (Å²) in [5, 5.41) is 9.81. The molecule has 2 aromatic carbocycles. The molecule has 1 N–H and O–H groups in total. The van der Waals surface area contributed by atoms with Crippen LogP contribution in [0.15, 0.2) is 48.5 Å². The molecule has 43 heavy (non-hydrogen) atoms. The van der Waals surface area contributed by atoms with Crippen molar-refractivity contribution in [2.45, 2.75) is 56.9 Å². The fraction of sp³-hybridized carbons (Fsp3) is 0.406. The van der Waals surface area contributed by atoms with Crippen molar-refractivity contribution in [2.75, 3.05) is 26.3 Å². The van der Waals surface area contributed by atoms with Crippen LogP contribution in [0, 0.1) is 5.82 Å². The van der Waals surface area contributed by atoms with E-state index >= 15 is 0 Å². The summed E-state index contributed by atoms with van der Waals surface area (Å²) in [6.45, 7) is 5.71. The van der Waals surface area contributed by atoms with Gasteiger partial charge in [-0.25, -0.2) is 19.2 Å². The highest BCUT2D eigenvalue weighted by Gasteiger charge is 2.39. The van der Waals surface area contributed by atoms with E-state index in [0.717, 1.165) is 56.1 Å². The van der Waals surface area contributed by atoms with Crippen LogP contribution in [0.1, 0.15) is 59.5 Å². The number of carboxylic acid groups (broad SMARTS) is 1. The Labute approximate surface area is 253 Å². The van der Waals surface area contributed by atoms with Crippen LogP contribution in [0.4, 0.5) is 4.39 Å². The average Bonchev–Trinajstić information content (AvgIpc) is 3.30. The fourth-order valence-corrected chi connectivity index (χ4v) is 6.50. The van der Waals surface area contributed by atoms with Crippen LogP contribution in [-0.2, 0) is 23.4 Å². The summed E-state index contributed by atoms with van der Waals surface area (Å²) in [4.78, 5) is 23.2. The van der Waals surface area contributed by atoms with Crippen LogP contribution in [0.2, 0.25) is 5.02 Å². The summed E-state index contributed by atoms with van der Waals surface area (Å²) in [6, 6.07) is 13.8. The largest absolute Gasteiger partial charge is 0.485 e. The second-order valence-electron chi connectivity index (χ2n) is 11.7. The van der Waals surface area contributed by atoms with Gasteiger partial charge in [-0.3, -0.25) is 4.90 Å². The fourth-order valence-electron chi connectivity index (χ4n) is 6.34. The Kier molecular flexibility index (Phi) is 7.23. The number of aromatic carboxylic acids is 1. The Morgan fingerprint density at radius 1 is 1.14 bits per heavy atom.